The van der Waals surface area contributed by atoms with Crippen LogP contribution in [0.25, 0.3) is 0 Å². The number of rotatable bonds is 6. The average molecular weight is 378 g/mol. The zero-order valence-electron chi connectivity index (χ0n) is 15.7. The van der Waals surface area contributed by atoms with Crippen LogP contribution in [0.3, 0.4) is 0 Å². The predicted molar refractivity (Wildman–Crippen MR) is 104 cm³/mol. The number of hydrogen-bond acceptors (Lipinski definition) is 5. The first kappa shape index (κ1) is 18.6. The molecule has 0 saturated carbocycles. The Morgan fingerprint density at radius 2 is 2.31 bits per heavy atom. The summed E-state index contributed by atoms with van der Waals surface area (Å²) in [4.78, 5) is 23.2. The summed E-state index contributed by atoms with van der Waals surface area (Å²) < 4.78 is 3.42. The molecule has 0 fully saturated rings. The molecule has 142 valence electrons. The lowest BCUT2D eigenvalue weighted by Gasteiger charge is -2.21. The zero-order chi connectivity index (χ0) is 18.5. The number of nitrogens with one attached hydrogen (secondary N) is 1. The fourth-order valence-corrected chi connectivity index (χ4v) is 3.81. The third-order valence-corrected chi connectivity index (χ3v) is 5.32. The summed E-state index contributed by atoms with van der Waals surface area (Å²) in [6.07, 6.45) is 3.92. The van der Waals surface area contributed by atoms with Crippen molar-refractivity contribution in [3.8, 4) is 0 Å². The Morgan fingerprint density at radius 3 is 3.00 bits per heavy atom. The first-order valence-corrected chi connectivity index (χ1v) is 9.95. The summed E-state index contributed by atoms with van der Waals surface area (Å²) >= 11 is 1.66. The van der Waals surface area contributed by atoms with Crippen LogP contribution in [-0.4, -0.2) is 50.8 Å². The number of aliphatic imine (C=N–C) groups is 1. The van der Waals surface area contributed by atoms with Gasteiger partial charge in [0, 0.05) is 45.5 Å². The molecule has 0 spiro atoms. The lowest BCUT2D eigenvalue weighted by Crippen LogP contribution is -2.39. The number of fused-ring (bicyclic) bond motifs is 1. The molecule has 3 rings (SSSR count). The molecular weight excluding hydrogens is 350 g/mol. The van der Waals surface area contributed by atoms with Crippen molar-refractivity contribution in [2.45, 2.75) is 52.2 Å². The van der Waals surface area contributed by atoms with Gasteiger partial charge in [-0.2, -0.15) is 5.10 Å². The van der Waals surface area contributed by atoms with E-state index in [1.54, 1.807) is 23.1 Å². The Kier molecular flexibility index (Phi) is 6.08. The van der Waals surface area contributed by atoms with E-state index < -0.39 is 0 Å². The molecule has 2 aromatic heterocycles. The zero-order valence-corrected chi connectivity index (χ0v) is 16.6. The molecule has 0 aromatic carbocycles. The molecule has 1 aliphatic heterocycles. The van der Waals surface area contributed by atoms with Crippen molar-refractivity contribution in [1.82, 2.24) is 29.5 Å². The van der Waals surface area contributed by atoms with Gasteiger partial charge in [-0.1, -0.05) is 0 Å². The van der Waals surface area contributed by atoms with E-state index in [2.05, 4.69) is 30.7 Å². The van der Waals surface area contributed by atoms with Gasteiger partial charge >= 0.3 is 5.69 Å². The monoisotopic (exact) mass is 377 g/mol. The Labute approximate surface area is 157 Å². The van der Waals surface area contributed by atoms with Gasteiger partial charge in [-0.25, -0.2) is 14.5 Å². The summed E-state index contributed by atoms with van der Waals surface area (Å²) in [7, 11) is 3.77. The smallest absolute Gasteiger partial charge is 0.345 e. The van der Waals surface area contributed by atoms with E-state index in [0.29, 0.717) is 6.54 Å². The molecule has 0 saturated heterocycles. The molecule has 0 unspecified atom stereocenters. The van der Waals surface area contributed by atoms with Crippen molar-refractivity contribution < 1.29 is 0 Å². The summed E-state index contributed by atoms with van der Waals surface area (Å²) in [5.74, 6) is 1.76. The van der Waals surface area contributed by atoms with Gasteiger partial charge in [0.05, 0.1) is 17.2 Å². The van der Waals surface area contributed by atoms with E-state index in [1.807, 2.05) is 18.5 Å². The van der Waals surface area contributed by atoms with Gasteiger partial charge in [-0.15, -0.1) is 11.3 Å². The quantitative estimate of drug-likeness (QED) is 0.465. The summed E-state index contributed by atoms with van der Waals surface area (Å²) in [5.41, 5.74) is 1.08. The van der Waals surface area contributed by atoms with Crippen LogP contribution in [-0.2, 0) is 26.1 Å². The number of thiazole rings is 1. The molecule has 8 nitrogen and oxygen atoms in total. The van der Waals surface area contributed by atoms with Gasteiger partial charge in [-0.3, -0.25) is 9.56 Å². The first-order valence-electron chi connectivity index (χ1n) is 9.08. The second kappa shape index (κ2) is 8.48. The second-order valence-electron chi connectivity index (χ2n) is 6.57. The largest absolute Gasteiger partial charge is 0.356 e. The molecule has 26 heavy (non-hydrogen) atoms. The van der Waals surface area contributed by atoms with Crippen molar-refractivity contribution in [3.05, 3.63) is 32.4 Å². The van der Waals surface area contributed by atoms with Crippen LogP contribution in [0.1, 0.15) is 35.8 Å². The Morgan fingerprint density at radius 1 is 1.46 bits per heavy atom. The van der Waals surface area contributed by atoms with Crippen LogP contribution < -0.4 is 11.0 Å². The number of guanidine groups is 1. The Bertz CT molecular complexity index is 819. The average Bonchev–Trinajstić information content (AvgIpc) is 3.18. The third kappa shape index (κ3) is 4.32. The van der Waals surface area contributed by atoms with Crippen molar-refractivity contribution in [1.29, 1.82) is 0 Å². The lowest BCUT2D eigenvalue weighted by atomic mass is 10.2. The lowest BCUT2D eigenvalue weighted by molar-refractivity contribution is 0.464. The highest BCUT2D eigenvalue weighted by atomic mass is 32.1. The molecule has 0 radical (unpaired) electrons. The highest BCUT2D eigenvalue weighted by Gasteiger charge is 2.16. The molecule has 2 aromatic rings. The van der Waals surface area contributed by atoms with Gasteiger partial charge in [0.15, 0.2) is 5.96 Å². The maximum Gasteiger partial charge on any atom is 0.345 e. The number of aryl methyl sites for hydroxylation is 3. The first-order chi connectivity index (χ1) is 12.6. The van der Waals surface area contributed by atoms with Gasteiger partial charge in [0.25, 0.3) is 0 Å². The standard InChI is InChI=1S/C17H27N7OS/c1-13-20-14(12-26-13)11-22(3)16(18-2)19-8-6-10-24-17(25)23-9-5-4-7-15(23)21-24/h12H,4-11H2,1-3H3,(H,18,19). The normalized spacial score (nSPS) is 14.3. The highest BCUT2D eigenvalue weighted by Crippen LogP contribution is 2.10. The molecule has 1 aliphatic rings. The Hall–Kier alpha value is -2.16. The van der Waals surface area contributed by atoms with Crippen molar-refractivity contribution in [2.24, 2.45) is 4.99 Å². The van der Waals surface area contributed by atoms with E-state index in [1.165, 1.54) is 0 Å². The number of aromatic nitrogens is 4. The van der Waals surface area contributed by atoms with Crippen molar-refractivity contribution in [2.75, 3.05) is 20.6 Å². The minimum atomic E-state index is 0.0279. The maximum atomic E-state index is 12.3. The molecule has 0 bridgehead atoms. The third-order valence-electron chi connectivity index (χ3n) is 4.50. The number of nitrogens with zero attached hydrogens (tertiary/aromatic N) is 6. The summed E-state index contributed by atoms with van der Waals surface area (Å²) in [6.45, 7) is 4.90. The molecule has 9 heteroatoms. The van der Waals surface area contributed by atoms with E-state index in [0.717, 1.165) is 67.8 Å². The molecule has 0 amide bonds. The molecular formula is C17H27N7OS. The van der Waals surface area contributed by atoms with Gasteiger partial charge < -0.3 is 10.2 Å². The van der Waals surface area contributed by atoms with Gasteiger partial charge in [0.1, 0.15) is 5.82 Å². The van der Waals surface area contributed by atoms with E-state index in [-0.39, 0.29) is 5.69 Å². The van der Waals surface area contributed by atoms with Crippen molar-refractivity contribution >= 4 is 17.3 Å². The SMILES string of the molecule is CN=C(NCCCn1nc2n(c1=O)CCCC2)N(C)Cc1csc(C)n1. The van der Waals surface area contributed by atoms with Crippen LogP contribution >= 0.6 is 11.3 Å². The van der Waals surface area contributed by atoms with Crippen molar-refractivity contribution in [3.63, 3.8) is 0 Å². The van der Waals surface area contributed by atoms with Crippen LogP contribution in [0.5, 0.6) is 0 Å². The van der Waals surface area contributed by atoms with Crippen LogP contribution in [0.15, 0.2) is 15.2 Å². The van der Waals surface area contributed by atoms with E-state index >= 15 is 0 Å². The Balaban J connectivity index is 1.47. The van der Waals surface area contributed by atoms with Gasteiger partial charge in [-0.05, 0) is 26.2 Å². The molecule has 1 N–H and O–H groups in total. The van der Waals surface area contributed by atoms with E-state index in [9.17, 15) is 4.79 Å². The van der Waals surface area contributed by atoms with Gasteiger partial charge in [0.2, 0.25) is 0 Å². The summed E-state index contributed by atoms with van der Waals surface area (Å²) in [5, 5.41) is 11.0. The molecule has 0 atom stereocenters. The topological polar surface area (TPSA) is 80.3 Å². The maximum absolute atomic E-state index is 12.3. The second-order valence-corrected chi connectivity index (χ2v) is 7.63. The fourth-order valence-electron chi connectivity index (χ4n) is 3.21. The molecule has 0 aliphatic carbocycles. The summed E-state index contributed by atoms with van der Waals surface area (Å²) in [6, 6.07) is 0. The minimum absolute atomic E-state index is 0.0279. The van der Waals surface area contributed by atoms with Crippen LogP contribution in [0.4, 0.5) is 0 Å². The fraction of sp³-hybridized carbons (Fsp3) is 0.647. The van der Waals surface area contributed by atoms with Crippen LogP contribution in [0.2, 0.25) is 0 Å². The minimum Gasteiger partial charge on any atom is -0.356 e. The highest BCUT2D eigenvalue weighted by molar-refractivity contribution is 7.09. The van der Waals surface area contributed by atoms with Crippen LogP contribution in [0, 0.1) is 6.92 Å². The van der Waals surface area contributed by atoms with E-state index in [4.69, 9.17) is 0 Å². The predicted octanol–water partition coefficient (Wildman–Crippen LogP) is 1.24. The number of hydrogen-bond donors (Lipinski definition) is 1. The molecule has 3 heterocycles.